The molecule has 1 aliphatic heterocycles. The van der Waals surface area contributed by atoms with Crippen LogP contribution in [0.4, 0.5) is 5.82 Å². The summed E-state index contributed by atoms with van der Waals surface area (Å²) in [6.45, 7) is 2.00. The van der Waals surface area contributed by atoms with Crippen LogP contribution in [0.3, 0.4) is 0 Å². The van der Waals surface area contributed by atoms with Crippen LogP contribution in [-0.4, -0.2) is 35.7 Å². The Morgan fingerprint density at radius 1 is 1.04 bits per heavy atom. The third-order valence-corrected chi connectivity index (χ3v) is 5.50. The molecule has 2 aromatic carbocycles. The SMILES string of the molecule is CNc1ccc(-c2ccc3c(c2)CN(C)CCC3c2ccc(Cl)cc2)nn1. The summed E-state index contributed by atoms with van der Waals surface area (Å²) in [5, 5.41) is 12.4. The zero-order valence-corrected chi connectivity index (χ0v) is 16.4. The maximum atomic E-state index is 6.09. The van der Waals surface area contributed by atoms with Crippen LogP contribution in [0.1, 0.15) is 29.0 Å². The van der Waals surface area contributed by atoms with Crippen molar-refractivity contribution < 1.29 is 0 Å². The first-order valence-electron chi connectivity index (χ1n) is 9.23. The lowest BCUT2D eigenvalue weighted by atomic mass is 9.86. The molecule has 0 fully saturated rings. The van der Waals surface area contributed by atoms with Gasteiger partial charge in [0, 0.05) is 30.1 Å². The van der Waals surface area contributed by atoms with Gasteiger partial charge < -0.3 is 10.2 Å². The van der Waals surface area contributed by atoms with Gasteiger partial charge in [0.05, 0.1) is 5.69 Å². The van der Waals surface area contributed by atoms with Gasteiger partial charge in [-0.2, -0.15) is 0 Å². The Morgan fingerprint density at radius 3 is 2.56 bits per heavy atom. The van der Waals surface area contributed by atoms with E-state index < -0.39 is 0 Å². The van der Waals surface area contributed by atoms with Gasteiger partial charge in [0.25, 0.3) is 0 Å². The Balaban J connectivity index is 1.73. The molecule has 1 atom stereocenters. The van der Waals surface area contributed by atoms with Crippen molar-refractivity contribution in [1.29, 1.82) is 0 Å². The molecule has 0 saturated heterocycles. The van der Waals surface area contributed by atoms with Crippen molar-refractivity contribution in [3.63, 3.8) is 0 Å². The van der Waals surface area contributed by atoms with Crippen molar-refractivity contribution in [2.75, 3.05) is 26.0 Å². The lowest BCUT2D eigenvalue weighted by Crippen LogP contribution is -2.17. The summed E-state index contributed by atoms with van der Waals surface area (Å²) >= 11 is 6.09. The Bertz CT molecular complexity index is 922. The monoisotopic (exact) mass is 378 g/mol. The lowest BCUT2D eigenvalue weighted by Gasteiger charge is -2.18. The van der Waals surface area contributed by atoms with Gasteiger partial charge in [-0.1, -0.05) is 35.9 Å². The van der Waals surface area contributed by atoms with E-state index in [2.05, 4.69) is 57.8 Å². The predicted octanol–water partition coefficient (Wildman–Crippen LogP) is 4.81. The molecule has 2 heterocycles. The van der Waals surface area contributed by atoms with Gasteiger partial charge in [-0.25, -0.2) is 0 Å². The summed E-state index contributed by atoms with van der Waals surface area (Å²) in [6, 6.07) is 18.9. The first-order chi connectivity index (χ1) is 13.1. The quantitative estimate of drug-likeness (QED) is 0.710. The number of anilines is 1. The summed E-state index contributed by atoms with van der Waals surface area (Å²) in [7, 11) is 4.03. The third-order valence-electron chi connectivity index (χ3n) is 5.25. The number of nitrogens with one attached hydrogen (secondary N) is 1. The minimum atomic E-state index is 0.383. The molecule has 1 N–H and O–H groups in total. The summed E-state index contributed by atoms with van der Waals surface area (Å²) in [4.78, 5) is 2.38. The van der Waals surface area contributed by atoms with Crippen LogP contribution in [-0.2, 0) is 6.54 Å². The van der Waals surface area contributed by atoms with E-state index in [-0.39, 0.29) is 0 Å². The van der Waals surface area contributed by atoms with Gasteiger partial charge in [-0.15, -0.1) is 10.2 Å². The molecule has 0 amide bonds. The largest absolute Gasteiger partial charge is 0.372 e. The Kier molecular flexibility index (Phi) is 5.10. The van der Waals surface area contributed by atoms with E-state index in [9.17, 15) is 0 Å². The maximum Gasteiger partial charge on any atom is 0.148 e. The summed E-state index contributed by atoms with van der Waals surface area (Å²) in [5.41, 5.74) is 6.07. The van der Waals surface area contributed by atoms with Crippen LogP contribution >= 0.6 is 11.6 Å². The highest BCUT2D eigenvalue weighted by Gasteiger charge is 2.23. The molecule has 0 radical (unpaired) electrons. The van der Waals surface area contributed by atoms with Gasteiger partial charge >= 0.3 is 0 Å². The molecule has 1 aliphatic rings. The molecule has 0 saturated carbocycles. The number of benzene rings is 2. The van der Waals surface area contributed by atoms with Crippen LogP contribution in [0.2, 0.25) is 5.02 Å². The summed E-state index contributed by atoms with van der Waals surface area (Å²) in [5.74, 6) is 1.16. The minimum Gasteiger partial charge on any atom is -0.372 e. The van der Waals surface area contributed by atoms with E-state index in [0.29, 0.717) is 5.92 Å². The van der Waals surface area contributed by atoms with Gasteiger partial charge in [-0.05, 0) is 67.0 Å². The Labute approximate surface area is 165 Å². The summed E-state index contributed by atoms with van der Waals surface area (Å²) in [6.07, 6.45) is 1.10. The second-order valence-corrected chi connectivity index (χ2v) is 7.53. The molecule has 1 unspecified atom stereocenters. The molecular formula is C22H23ClN4. The van der Waals surface area contributed by atoms with Crippen LogP contribution < -0.4 is 5.32 Å². The number of hydrogen-bond donors (Lipinski definition) is 1. The third kappa shape index (κ3) is 3.82. The van der Waals surface area contributed by atoms with Crippen molar-refractivity contribution in [2.45, 2.75) is 18.9 Å². The summed E-state index contributed by atoms with van der Waals surface area (Å²) < 4.78 is 0. The fraction of sp³-hybridized carbons (Fsp3) is 0.273. The van der Waals surface area contributed by atoms with Crippen molar-refractivity contribution in [3.05, 3.63) is 76.3 Å². The van der Waals surface area contributed by atoms with Crippen molar-refractivity contribution >= 4 is 17.4 Å². The Morgan fingerprint density at radius 2 is 1.85 bits per heavy atom. The number of rotatable bonds is 3. The van der Waals surface area contributed by atoms with Gasteiger partial charge in [0.2, 0.25) is 0 Å². The van der Waals surface area contributed by atoms with Crippen molar-refractivity contribution in [3.8, 4) is 11.3 Å². The molecule has 138 valence electrons. The van der Waals surface area contributed by atoms with E-state index in [1.165, 1.54) is 16.7 Å². The minimum absolute atomic E-state index is 0.383. The molecule has 3 aromatic rings. The molecule has 5 heteroatoms. The maximum absolute atomic E-state index is 6.09. The molecule has 4 nitrogen and oxygen atoms in total. The average molecular weight is 379 g/mol. The smallest absolute Gasteiger partial charge is 0.148 e. The van der Waals surface area contributed by atoms with Crippen LogP contribution in [0.25, 0.3) is 11.3 Å². The van der Waals surface area contributed by atoms with Gasteiger partial charge in [-0.3, -0.25) is 0 Å². The van der Waals surface area contributed by atoms with Crippen molar-refractivity contribution in [2.24, 2.45) is 0 Å². The van der Waals surface area contributed by atoms with E-state index >= 15 is 0 Å². The van der Waals surface area contributed by atoms with E-state index in [0.717, 1.165) is 41.6 Å². The Hall–Kier alpha value is -2.43. The highest BCUT2D eigenvalue weighted by molar-refractivity contribution is 6.30. The number of halogens is 1. The molecule has 27 heavy (non-hydrogen) atoms. The molecule has 0 aliphatic carbocycles. The van der Waals surface area contributed by atoms with Crippen LogP contribution in [0, 0.1) is 0 Å². The van der Waals surface area contributed by atoms with E-state index in [1.54, 1.807) is 0 Å². The number of aromatic nitrogens is 2. The van der Waals surface area contributed by atoms with E-state index in [1.807, 2.05) is 31.3 Å². The molecule has 0 spiro atoms. The topological polar surface area (TPSA) is 41.0 Å². The highest BCUT2D eigenvalue weighted by Crippen LogP contribution is 2.36. The van der Waals surface area contributed by atoms with Crippen LogP contribution in [0.5, 0.6) is 0 Å². The fourth-order valence-corrected chi connectivity index (χ4v) is 3.90. The molecular weight excluding hydrogens is 356 g/mol. The van der Waals surface area contributed by atoms with Crippen molar-refractivity contribution in [1.82, 2.24) is 15.1 Å². The first-order valence-corrected chi connectivity index (χ1v) is 9.60. The number of nitrogens with zero attached hydrogens (tertiary/aromatic N) is 3. The van der Waals surface area contributed by atoms with Gasteiger partial charge in [0.15, 0.2) is 0 Å². The average Bonchev–Trinajstić information content (AvgIpc) is 2.86. The number of hydrogen-bond acceptors (Lipinski definition) is 4. The van der Waals surface area contributed by atoms with E-state index in [4.69, 9.17) is 11.6 Å². The molecule has 4 rings (SSSR count). The zero-order valence-electron chi connectivity index (χ0n) is 15.6. The van der Waals surface area contributed by atoms with Gasteiger partial charge in [0.1, 0.15) is 5.82 Å². The normalized spacial score (nSPS) is 17.2. The molecule has 1 aromatic heterocycles. The van der Waals surface area contributed by atoms with Crippen LogP contribution in [0.15, 0.2) is 54.6 Å². The highest BCUT2D eigenvalue weighted by atomic mass is 35.5. The standard InChI is InChI=1S/C22H23ClN4/c1-24-22-10-9-21(25-26-22)16-5-8-19-17(13-16)14-27(2)12-11-20(19)15-3-6-18(23)7-4-15/h3-10,13,20H,11-12,14H2,1-2H3,(H,24,26). The number of fused-ring (bicyclic) bond motifs is 1. The first kappa shape index (κ1) is 18.0. The zero-order chi connectivity index (χ0) is 18.8. The molecule has 0 bridgehead atoms. The second-order valence-electron chi connectivity index (χ2n) is 7.10. The predicted molar refractivity (Wildman–Crippen MR) is 111 cm³/mol. The lowest BCUT2D eigenvalue weighted by molar-refractivity contribution is 0.328. The second kappa shape index (κ2) is 7.67. The fourth-order valence-electron chi connectivity index (χ4n) is 3.78.